The van der Waals surface area contributed by atoms with Crippen LogP contribution in [-0.2, 0) is 14.3 Å². The van der Waals surface area contributed by atoms with E-state index < -0.39 is 10.1 Å². The molecule has 2 aromatic rings. The third-order valence-corrected chi connectivity index (χ3v) is 5.75. The highest BCUT2D eigenvalue weighted by Gasteiger charge is 2.17. The van der Waals surface area contributed by atoms with E-state index in [-0.39, 0.29) is 35.6 Å². The quantitative estimate of drug-likeness (QED) is 0.524. The van der Waals surface area contributed by atoms with Crippen molar-refractivity contribution in [1.29, 1.82) is 0 Å². The Kier molecular flexibility index (Phi) is 8.43. The average Bonchev–Trinajstić information content (AvgIpc) is 2.59. The first-order valence-corrected chi connectivity index (χ1v) is 11.4. The van der Waals surface area contributed by atoms with E-state index in [1.54, 1.807) is 24.3 Å². The molecule has 0 aliphatic rings. The van der Waals surface area contributed by atoms with Gasteiger partial charge in [-0.25, -0.2) is 0 Å². The lowest BCUT2D eigenvalue weighted by molar-refractivity contribution is 0.0949. The summed E-state index contributed by atoms with van der Waals surface area (Å²) in [5.74, 6) is -0.637. The van der Waals surface area contributed by atoms with Crippen LogP contribution in [0.4, 0.5) is 0 Å². The summed E-state index contributed by atoms with van der Waals surface area (Å²) in [7, 11) is -3.57. The molecule has 0 saturated heterocycles. The van der Waals surface area contributed by atoms with E-state index in [0.717, 1.165) is 11.8 Å². The Bertz CT molecular complexity index is 966. The van der Waals surface area contributed by atoms with E-state index in [2.05, 4.69) is 5.32 Å². The molecule has 28 heavy (non-hydrogen) atoms. The first-order valence-electron chi connectivity index (χ1n) is 8.09. The van der Waals surface area contributed by atoms with E-state index in [9.17, 15) is 13.2 Å². The van der Waals surface area contributed by atoms with Crippen LogP contribution >= 0.6 is 46.4 Å². The fraction of sp³-hybridized carbons (Fsp3) is 0.278. The highest BCUT2D eigenvalue weighted by atomic mass is 35.5. The van der Waals surface area contributed by atoms with Crippen molar-refractivity contribution < 1.29 is 17.4 Å². The van der Waals surface area contributed by atoms with Crippen molar-refractivity contribution in [3.8, 4) is 0 Å². The molecular weight excluding hydrogens is 468 g/mol. The fourth-order valence-electron chi connectivity index (χ4n) is 2.48. The van der Waals surface area contributed by atoms with Gasteiger partial charge in [-0.05, 0) is 42.3 Å². The molecule has 1 atom stereocenters. The van der Waals surface area contributed by atoms with Gasteiger partial charge in [-0.3, -0.25) is 8.98 Å². The lowest BCUT2D eigenvalue weighted by Crippen LogP contribution is -2.29. The van der Waals surface area contributed by atoms with Crippen molar-refractivity contribution in [2.45, 2.75) is 12.3 Å². The molecule has 1 amide bonds. The minimum atomic E-state index is -3.57. The largest absolute Gasteiger partial charge is 0.351 e. The van der Waals surface area contributed by atoms with Gasteiger partial charge in [0.2, 0.25) is 0 Å². The molecule has 2 aromatic carbocycles. The first kappa shape index (κ1) is 23.3. The molecule has 0 radical (unpaired) electrons. The monoisotopic (exact) mass is 483 g/mol. The predicted octanol–water partition coefficient (Wildman–Crippen LogP) is 5.18. The minimum Gasteiger partial charge on any atom is -0.351 e. The molecule has 1 unspecified atom stereocenters. The van der Waals surface area contributed by atoms with Crippen molar-refractivity contribution in [3.05, 3.63) is 67.6 Å². The molecule has 0 aliphatic heterocycles. The van der Waals surface area contributed by atoms with Gasteiger partial charge >= 0.3 is 0 Å². The summed E-state index contributed by atoms with van der Waals surface area (Å²) in [5.41, 5.74) is 1.07. The molecular formula is C18H17Cl4NO4S. The van der Waals surface area contributed by atoms with Crippen LogP contribution in [0.1, 0.15) is 28.3 Å². The van der Waals surface area contributed by atoms with Crippen molar-refractivity contribution in [1.82, 2.24) is 5.32 Å². The van der Waals surface area contributed by atoms with Gasteiger partial charge < -0.3 is 5.32 Å². The van der Waals surface area contributed by atoms with Crippen LogP contribution < -0.4 is 5.32 Å². The van der Waals surface area contributed by atoms with Gasteiger partial charge in [-0.1, -0.05) is 52.5 Å². The number of hydrogen-bond acceptors (Lipinski definition) is 4. The summed E-state index contributed by atoms with van der Waals surface area (Å²) in [4.78, 5) is 12.5. The molecule has 0 spiro atoms. The normalized spacial score (nSPS) is 12.6. The zero-order chi connectivity index (χ0) is 20.9. The maximum absolute atomic E-state index is 12.5. The second-order valence-electron chi connectivity index (χ2n) is 6.02. The smallest absolute Gasteiger partial charge is 0.264 e. The summed E-state index contributed by atoms with van der Waals surface area (Å²) < 4.78 is 27.2. The number of nitrogens with one attached hydrogen (secondary N) is 1. The summed E-state index contributed by atoms with van der Waals surface area (Å²) >= 11 is 24.0. The molecule has 5 nitrogen and oxygen atoms in total. The highest BCUT2D eigenvalue weighted by Crippen LogP contribution is 2.28. The Morgan fingerprint density at radius 2 is 1.75 bits per heavy atom. The third-order valence-electron chi connectivity index (χ3n) is 3.86. The lowest BCUT2D eigenvalue weighted by atomic mass is 9.96. The first-order chi connectivity index (χ1) is 13.1. The number of hydrogen-bond donors (Lipinski definition) is 1. The summed E-state index contributed by atoms with van der Waals surface area (Å²) in [6.07, 6.45) is 1.31. The SMILES string of the molecule is CS(=O)(=O)OCCC(CNC(=O)c1ccc(Cl)cc1Cl)c1ccc(Cl)c(Cl)c1. The Morgan fingerprint density at radius 3 is 2.36 bits per heavy atom. The van der Waals surface area contributed by atoms with Gasteiger partial charge in [0.1, 0.15) is 0 Å². The summed E-state index contributed by atoms with van der Waals surface area (Å²) in [6.45, 7) is 0.171. The van der Waals surface area contributed by atoms with Gasteiger partial charge in [0.15, 0.2) is 0 Å². The topological polar surface area (TPSA) is 72.5 Å². The molecule has 2 rings (SSSR count). The highest BCUT2D eigenvalue weighted by molar-refractivity contribution is 7.85. The molecule has 0 fully saturated rings. The Hall–Kier alpha value is -1.02. The maximum atomic E-state index is 12.5. The number of carbonyl (C=O) groups is 1. The van der Waals surface area contributed by atoms with Gasteiger partial charge in [-0.2, -0.15) is 8.42 Å². The van der Waals surface area contributed by atoms with Gasteiger partial charge in [0.25, 0.3) is 16.0 Å². The second kappa shape index (κ2) is 10.1. The molecule has 0 bridgehead atoms. The second-order valence-corrected chi connectivity index (χ2v) is 9.32. The van der Waals surface area contributed by atoms with Gasteiger partial charge in [0.05, 0.1) is 33.5 Å². The maximum Gasteiger partial charge on any atom is 0.264 e. The molecule has 152 valence electrons. The van der Waals surface area contributed by atoms with Crippen molar-refractivity contribution in [2.24, 2.45) is 0 Å². The van der Waals surface area contributed by atoms with Crippen LogP contribution in [-0.4, -0.2) is 33.7 Å². The molecule has 0 aromatic heterocycles. The van der Waals surface area contributed by atoms with E-state index >= 15 is 0 Å². The molecule has 0 saturated carbocycles. The van der Waals surface area contributed by atoms with E-state index in [1.807, 2.05) is 0 Å². The molecule has 0 heterocycles. The van der Waals surface area contributed by atoms with Crippen molar-refractivity contribution in [3.63, 3.8) is 0 Å². The standard InChI is InChI=1S/C18H17Cl4NO4S/c1-28(25,26)27-7-6-12(11-2-5-15(20)17(22)8-11)10-23-18(24)14-4-3-13(19)9-16(14)21/h2-5,8-9,12H,6-7,10H2,1H3,(H,23,24). The Labute approximate surface area is 184 Å². The summed E-state index contributed by atoms with van der Waals surface area (Å²) in [5, 5.41) is 4.21. The van der Waals surface area contributed by atoms with E-state index in [0.29, 0.717) is 21.5 Å². The summed E-state index contributed by atoms with van der Waals surface area (Å²) in [6, 6.07) is 9.66. The van der Waals surface area contributed by atoms with Crippen LogP contribution in [0.25, 0.3) is 0 Å². The van der Waals surface area contributed by atoms with Crippen LogP contribution in [0.5, 0.6) is 0 Å². The predicted molar refractivity (Wildman–Crippen MR) is 113 cm³/mol. The van der Waals surface area contributed by atoms with Gasteiger partial charge in [-0.15, -0.1) is 0 Å². The number of amides is 1. The molecule has 1 N–H and O–H groups in total. The third kappa shape index (κ3) is 7.10. The zero-order valence-corrected chi connectivity index (χ0v) is 18.6. The minimum absolute atomic E-state index is 0.0404. The molecule has 10 heteroatoms. The van der Waals surface area contributed by atoms with Crippen molar-refractivity contribution >= 4 is 62.4 Å². The molecule has 0 aliphatic carbocycles. The fourth-order valence-corrected chi connectivity index (χ4v) is 3.68. The van der Waals surface area contributed by atoms with Gasteiger partial charge in [0, 0.05) is 17.5 Å². The number of benzene rings is 2. The van der Waals surface area contributed by atoms with E-state index in [4.69, 9.17) is 50.6 Å². The number of carbonyl (C=O) groups excluding carboxylic acids is 1. The lowest BCUT2D eigenvalue weighted by Gasteiger charge is -2.19. The van der Waals surface area contributed by atoms with Crippen LogP contribution in [0.15, 0.2) is 36.4 Å². The average molecular weight is 485 g/mol. The number of halogens is 4. The van der Waals surface area contributed by atoms with Crippen LogP contribution in [0.2, 0.25) is 20.1 Å². The van der Waals surface area contributed by atoms with Crippen LogP contribution in [0, 0.1) is 0 Å². The van der Waals surface area contributed by atoms with Crippen molar-refractivity contribution in [2.75, 3.05) is 19.4 Å². The van der Waals surface area contributed by atoms with Crippen LogP contribution in [0.3, 0.4) is 0 Å². The Balaban J connectivity index is 2.13. The number of rotatable bonds is 8. The van der Waals surface area contributed by atoms with E-state index in [1.165, 1.54) is 12.1 Å². The Morgan fingerprint density at radius 1 is 1.04 bits per heavy atom. The zero-order valence-electron chi connectivity index (χ0n) is 14.7.